The van der Waals surface area contributed by atoms with E-state index in [0.717, 1.165) is 5.39 Å². The largest absolute Gasteiger partial charge is 0.493 e. The summed E-state index contributed by atoms with van der Waals surface area (Å²) in [5.74, 6) is 1.29. The number of aliphatic hydroxyl groups excluding tert-OH is 1. The molecule has 9 heteroatoms. The molecule has 3 rings (SSSR count). The number of methoxy groups -OCH3 is 4. The zero-order chi connectivity index (χ0) is 22.8. The van der Waals surface area contributed by atoms with Crippen molar-refractivity contribution in [1.82, 2.24) is 4.98 Å². The number of aliphatic hydroxyl groups is 1. The van der Waals surface area contributed by atoms with Crippen LogP contribution in [-0.2, 0) is 0 Å². The summed E-state index contributed by atoms with van der Waals surface area (Å²) < 4.78 is 19.6. The number of aromatic nitrogens is 1. The Labute approximate surface area is 195 Å². The van der Waals surface area contributed by atoms with Gasteiger partial charge in [0.25, 0.3) is 0 Å². The molecule has 3 aromatic rings. The third-order valence-electron chi connectivity index (χ3n) is 5.01. The van der Waals surface area contributed by atoms with Crippen LogP contribution in [0.2, 0.25) is 0 Å². The van der Waals surface area contributed by atoms with Gasteiger partial charge in [-0.3, -0.25) is 4.98 Å². The van der Waals surface area contributed by atoms with Crippen molar-refractivity contribution in [3.63, 3.8) is 0 Å². The summed E-state index contributed by atoms with van der Waals surface area (Å²) in [5, 5.41) is 12.6. The molecule has 2 aromatic carbocycles. The summed E-state index contributed by atoms with van der Waals surface area (Å²) in [4.78, 5) is 4.54. The van der Waals surface area contributed by atoms with E-state index in [9.17, 15) is 5.11 Å². The van der Waals surface area contributed by atoms with Gasteiger partial charge in [0.2, 0.25) is 3.79 Å². The minimum atomic E-state index is -1.97. The molecule has 0 aliphatic carbocycles. The molecule has 0 amide bonds. The summed E-state index contributed by atoms with van der Waals surface area (Å²) >= 11 is 18.4. The lowest BCUT2D eigenvalue weighted by Gasteiger charge is -2.29. The Morgan fingerprint density at radius 3 is 1.97 bits per heavy atom. The van der Waals surface area contributed by atoms with Crippen molar-refractivity contribution in [2.75, 3.05) is 28.4 Å². The quantitative estimate of drug-likeness (QED) is 0.467. The Kier molecular flexibility index (Phi) is 7.27. The fourth-order valence-corrected chi connectivity index (χ4v) is 3.87. The molecule has 0 radical (unpaired) electrons. The molecule has 166 valence electrons. The highest BCUT2D eigenvalue weighted by molar-refractivity contribution is 6.68. The zero-order valence-corrected chi connectivity index (χ0v) is 19.6. The first-order valence-electron chi connectivity index (χ1n) is 9.22. The maximum Gasteiger partial charge on any atom is 0.217 e. The highest BCUT2D eigenvalue weighted by Gasteiger charge is 2.40. The highest BCUT2D eigenvalue weighted by atomic mass is 35.6. The second kappa shape index (κ2) is 9.57. The van der Waals surface area contributed by atoms with Gasteiger partial charge in [-0.1, -0.05) is 40.9 Å². The van der Waals surface area contributed by atoms with Crippen LogP contribution in [0.25, 0.3) is 10.8 Å². The molecule has 0 saturated heterocycles. The number of rotatable bonds is 7. The Hall–Kier alpha value is -2.12. The van der Waals surface area contributed by atoms with Crippen molar-refractivity contribution in [3.05, 3.63) is 53.9 Å². The van der Waals surface area contributed by atoms with Crippen LogP contribution in [-0.4, -0.2) is 48.4 Å². The van der Waals surface area contributed by atoms with Crippen LogP contribution in [0, 0.1) is 0 Å². The average molecular weight is 487 g/mol. The van der Waals surface area contributed by atoms with Crippen molar-refractivity contribution < 1.29 is 24.1 Å². The number of hydrogen-bond acceptors (Lipinski definition) is 6. The summed E-state index contributed by atoms with van der Waals surface area (Å²) in [6.45, 7) is 0. The molecule has 1 N–H and O–H groups in total. The number of alkyl halides is 3. The number of ether oxygens (including phenoxy) is 4. The normalized spacial score (nSPS) is 13.5. The minimum absolute atomic E-state index is 0.473. The van der Waals surface area contributed by atoms with Gasteiger partial charge < -0.3 is 24.1 Å². The minimum Gasteiger partial charge on any atom is -0.493 e. The monoisotopic (exact) mass is 485 g/mol. The lowest BCUT2D eigenvalue weighted by Crippen LogP contribution is -2.33. The van der Waals surface area contributed by atoms with Crippen molar-refractivity contribution in [2.45, 2.75) is 15.8 Å². The number of fused-ring (bicyclic) bond motifs is 1. The van der Waals surface area contributed by atoms with Gasteiger partial charge in [0.15, 0.2) is 23.0 Å². The Morgan fingerprint density at radius 1 is 0.806 bits per heavy atom. The molecule has 2 atom stereocenters. The van der Waals surface area contributed by atoms with Crippen LogP contribution in [0.5, 0.6) is 23.0 Å². The molecule has 0 spiro atoms. The predicted molar refractivity (Wildman–Crippen MR) is 123 cm³/mol. The highest BCUT2D eigenvalue weighted by Crippen LogP contribution is 2.45. The van der Waals surface area contributed by atoms with E-state index in [1.54, 1.807) is 44.7 Å². The smallest absolute Gasteiger partial charge is 0.217 e. The van der Waals surface area contributed by atoms with Gasteiger partial charge >= 0.3 is 0 Å². The molecule has 31 heavy (non-hydrogen) atoms. The maximum absolute atomic E-state index is 11.1. The van der Waals surface area contributed by atoms with Gasteiger partial charge in [0, 0.05) is 11.6 Å². The standard InChI is InChI=1S/C22H22Cl3NO5/c1-28-15-6-5-13(10-16(15)29-2)19(21(27)22(23,24)25)20-14-11-18(31-4)17(30-3)9-12(14)7-8-26-20/h5-11,19,21,27H,1-4H3/t19-,21+/m1/s1. The molecule has 0 fully saturated rings. The Balaban J connectivity index is 2.29. The number of hydrogen-bond donors (Lipinski definition) is 1. The second-order valence-corrected chi connectivity index (χ2v) is 9.07. The molecule has 1 aromatic heterocycles. The van der Waals surface area contributed by atoms with E-state index in [2.05, 4.69) is 4.98 Å². The van der Waals surface area contributed by atoms with Gasteiger partial charge in [-0.05, 0) is 41.3 Å². The molecular formula is C22H22Cl3NO5. The fourth-order valence-electron chi connectivity index (χ4n) is 3.49. The molecule has 0 bridgehead atoms. The molecule has 6 nitrogen and oxygen atoms in total. The lowest BCUT2D eigenvalue weighted by molar-refractivity contribution is 0.159. The van der Waals surface area contributed by atoms with Crippen LogP contribution in [0.3, 0.4) is 0 Å². The number of pyridine rings is 1. The van der Waals surface area contributed by atoms with E-state index >= 15 is 0 Å². The van der Waals surface area contributed by atoms with E-state index in [1.165, 1.54) is 14.2 Å². The van der Waals surface area contributed by atoms with Crippen LogP contribution in [0.4, 0.5) is 0 Å². The summed E-state index contributed by atoms with van der Waals surface area (Å²) in [6.07, 6.45) is 0.212. The maximum atomic E-state index is 11.1. The molecule has 0 aliphatic heterocycles. The first kappa shape index (κ1) is 23.5. The summed E-state index contributed by atoms with van der Waals surface area (Å²) in [5.41, 5.74) is 1.13. The summed E-state index contributed by atoms with van der Waals surface area (Å²) in [6, 6.07) is 10.7. The van der Waals surface area contributed by atoms with Gasteiger partial charge in [-0.2, -0.15) is 0 Å². The second-order valence-electron chi connectivity index (χ2n) is 6.70. The summed E-state index contributed by atoms with van der Waals surface area (Å²) in [7, 11) is 6.17. The van der Waals surface area contributed by atoms with Crippen molar-refractivity contribution >= 4 is 45.6 Å². The van der Waals surface area contributed by atoms with Crippen molar-refractivity contribution in [2.24, 2.45) is 0 Å². The first-order chi connectivity index (χ1) is 14.7. The Bertz CT molecular complexity index is 1070. The third kappa shape index (κ3) is 4.72. The van der Waals surface area contributed by atoms with Gasteiger partial charge in [0.1, 0.15) is 6.10 Å². The van der Waals surface area contributed by atoms with E-state index in [4.69, 9.17) is 53.8 Å². The van der Waals surface area contributed by atoms with E-state index in [0.29, 0.717) is 39.6 Å². The predicted octanol–water partition coefficient (Wildman–Crippen LogP) is 5.13. The van der Waals surface area contributed by atoms with Gasteiger partial charge in [0.05, 0.1) is 40.1 Å². The number of nitrogens with zero attached hydrogens (tertiary/aromatic N) is 1. The van der Waals surface area contributed by atoms with E-state index in [-0.39, 0.29) is 0 Å². The van der Waals surface area contributed by atoms with Crippen LogP contribution >= 0.6 is 34.8 Å². The van der Waals surface area contributed by atoms with Crippen LogP contribution in [0.15, 0.2) is 42.6 Å². The fraction of sp³-hybridized carbons (Fsp3) is 0.318. The molecule has 0 saturated carbocycles. The molecular weight excluding hydrogens is 465 g/mol. The molecule has 0 aliphatic rings. The topological polar surface area (TPSA) is 70.0 Å². The third-order valence-corrected chi connectivity index (χ3v) is 5.68. The zero-order valence-electron chi connectivity index (χ0n) is 17.4. The van der Waals surface area contributed by atoms with E-state index in [1.807, 2.05) is 12.1 Å². The SMILES string of the molecule is COc1ccc([C@H](c2nccc3cc(OC)c(OC)cc23)[C@H](O)C(Cl)(Cl)Cl)cc1OC. The average Bonchev–Trinajstić information content (AvgIpc) is 2.77. The van der Waals surface area contributed by atoms with Gasteiger partial charge in [-0.25, -0.2) is 0 Å². The Morgan fingerprint density at radius 2 is 1.39 bits per heavy atom. The number of benzene rings is 2. The first-order valence-corrected chi connectivity index (χ1v) is 10.4. The van der Waals surface area contributed by atoms with Crippen molar-refractivity contribution in [3.8, 4) is 23.0 Å². The van der Waals surface area contributed by atoms with E-state index < -0.39 is 15.8 Å². The van der Waals surface area contributed by atoms with Gasteiger partial charge in [-0.15, -0.1) is 0 Å². The van der Waals surface area contributed by atoms with Crippen LogP contribution < -0.4 is 18.9 Å². The number of halogens is 3. The lowest BCUT2D eigenvalue weighted by atomic mass is 9.87. The molecule has 0 unspecified atom stereocenters. The van der Waals surface area contributed by atoms with Crippen molar-refractivity contribution in [1.29, 1.82) is 0 Å². The van der Waals surface area contributed by atoms with Crippen LogP contribution in [0.1, 0.15) is 17.2 Å². The molecule has 1 heterocycles.